The highest BCUT2D eigenvalue weighted by Gasteiger charge is 2.37. The molecule has 9 heavy (non-hydrogen) atoms. The maximum absolute atomic E-state index is 9.37. The van der Waals surface area contributed by atoms with Crippen LogP contribution in [0.25, 0.3) is 0 Å². The molecule has 0 aromatic rings. The third-order valence-electron chi connectivity index (χ3n) is 1.79. The van der Waals surface area contributed by atoms with E-state index < -0.39 is 5.60 Å². The number of aliphatic hydroxyl groups is 2. The summed E-state index contributed by atoms with van der Waals surface area (Å²) in [6, 6.07) is 0. The Bertz CT molecular complexity index is 100. The minimum Gasteiger partial charge on any atom is -0.394 e. The second-order valence-corrected chi connectivity index (χ2v) is 2.65. The first-order valence-electron chi connectivity index (χ1n) is 3.11. The van der Waals surface area contributed by atoms with E-state index in [1.807, 2.05) is 0 Å². The fourth-order valence-corrected chi connectivity index (χ4v) is 0.998. The summed E-state index contributed by atoms with van der Waals surface area (Å²) >= 11 is 0. The first-order chi connectivity index (χ1) is 4.17. The summed E-state index contributed by atoms with van der Waals surface area (Å²) in [6.45, 7) is 2.14. The van der Waals surface area contributed by atoms with Gasteiger partial charge in [0.25, 0.3) is 0 Å². The Morgan fingerprint density at radius 1 is 1.78 bits per heavy atom. The van der Waals surface area contributed by atoms with Crippen molar-refractivity contribution in [2.45, 2.75) is 25.0 Å². The van der Waals surface area contributed by atoms with E-state index in [1.165, 1.54) is 0 Å². The van der Waals surface area contributed by atoms with Crippen LogP contribution < -0.4 is 0 Å². The van der Waals surface area contributed by atoms with Crippen molar-refractivity contribution in [3.8, 4) is 0 Å². The van der Waals surface area contributed by atoms with Gasteiger partial charge in [-0.05, 0) is 6.92 Å². The van der Waals surface area contributed by atoms with Crippen molar-refractivity contribution in [3.63, 3.8) is 0 Å². The van der Waals surface area contributed by atoms with E-state index in [-0.39, 0.29) is 12.7 Å². The molecule has 1 aliphatic heterocycles. The molecule has 0 saturated carbocycles. The van der Waals surface area contributed by atoms with Crippen LogP contribution in [0.4, 0.5) is 0 Å². The third-order valence-corrected chi connectivity index (χ3v) is 1.79. The van der Waals surface area contributed by atoms with Crippen LogP contribution in [-0.4, -0.2) is 35.1 Å². The molecule has 1 rings (SSSR count). The van der Waals surface area contributed by atoms with Gasteiger partial charge < -0.3 is 14.9 Å². The number of hydrogen-bond acceptors (Lipinski definition) is 3. The van der Waals surface area contributed by atoms with Gasteiger partial charge in [0.2, 0.25) is 0 Å². The number of rotatable bonds is 1. The van der Waals surface area contributed by atoms with E-state index in [0.29, 0.717) is 13.0 Å². The zero-order chi connectivity index (χ0) is 6.91. The predicted octanol–water partition coefficient (Wildman–Crippen LogP) is -0.481. The van der Waals surface area contributed by atoms with E-state index in [1.54, 1.807) is 6.92 Å². The molecule has 0 spiro atoms. The van der Waals surface area contributed by atoms with Crippen LogP contribution in [0.15, 0.2) is 0 Å². The zero-order valence-electron chi connectivity index (χ0n) is 5.50. The van der Waals surface area contributed by atoms with Crippen LogP contribution in [0, 0.1) is 0 Å². The van der Waals surface area contributed by atoms with Crippen LogP contribution in [0.1, 0.15) is 13.3 Å². The molecule has 0 aromatic heterocycles. The molecule has 1 fully saturated rings. The Kier molecular flexibility index (Phi) is 1.75. The Labute approximate surface area is 54.3 Å². The summed E-state index contributed by atoms with van der Waals surface area (Å²) in [4.78, 5) is 0. The topological polar surface area (TPSA) is 49.7 Å². The number of aliphatic hydroxyl groups excluding tert-OH is 1. The van der Waals surface area contributed by atoms with Crippen molar-refractivity contribution in [1.29, 1.82) is 0 Å². The molecule has 2 unspecified atom stereocenters. The van der Waals surface area contributed by atoms with Crippen LogP contribution in [0.3, 0.4) is 0 Å². The van der Waals surface area contributed by atoms with Gasteiger partial charge in [0.1, 0.15) is 6.10 Å². The van der Waals surface area contributed by atoms with Crippen LogP contribution >= 0.6 is 0 Å². The standard InChI is InChI=1S/C6H12O3/c1-6(8)2-3-9-5(6)4-7/h5,7-8H,2-4H2,1H3. The Morgan fingerprint density at radius 3 is 2.67 bits per heavy atom. The van der Waals surface area contributed by atoms with Crippen LogP contribution in [-0.2, 0) is 4.74 Å². The lowest BCUT2D eigenvalue weighted by molar-refractivity contribution is -0.0502. The minimum absolute atomic E-state index is 0.0903. The van der Waals surface area contributed by atoms with E-state index in [4.69, 9.17) is 9.84 Å². The molecule has 3 heteroatoms. The van der Waals surface area contributed by atoms with Crippen molar-refractivity contribution >= 4 is 0 Å². The summed E-state index contributed by atoms with van der Waals surface area (Å²) in [6.07, 6.45) is 0.246. The quantitative estimate of drug-likeness (QED) is 0.506. The van der Waals surface area contributed by atoms with Gasteiger partial charge in [-0.1, -0.05) is 0 Å². The van der Waals surface area contributed by atoms with E-state index in [0.717, 1.165) is 0 Å². The Morgan fingerprint density at radius 2 is 2.44 bits per heavy atom. The monoisotopic (exact) mass is 132 g/mol. The lowest BCUT2D eigenvalue weighted by atomic mass is 9.99. The summed E-state index contributed by atoms with van der Waals surface area (Å²) in [7, 11) is 0. The Balaban J connectivity index is 2.52. The number of ether oxygens (including phenoxy) is 1. The van der Waals surface area contributed by atoms with Gasteiger partial charge in [0.15, 0.2) is 0 Å². The average Bonchev–Trinajstić information content (AvgIpc) is 2.08. The summed E-state index contributed by atoms with van der Waals surface area (Å²) in [5.41, 5.74) is -0.811. The fraction of sp³-hybridized carbons (Fsp3) is 1.00. The summed E-state index contributed by atoms with van der Waals surface area (Å²) < 4.78 is 5.02. The molecule has 2 atom stereocenters. The third kappa shape index (κ3) is 1.23. The van der Waals surface area contributed by atoms with Gasteiger partial charge >= 0.3 is 0 Å². The Hall–Kier alpha value is -0.120. The SMILES string of the molecule is CC1(O)CCOC1CO. The maximum Gasteiger partial charge on any atom is 0.109 e. The molecule has 54 valence electrons. The molecule has 1 saturated heterocycles. The highest BCUT2D eigenvalue weighted by molar-refractivity contribution is 4.87. The molecule has 0 radical (unpaired) electrons. The van der Waals surface area contributed by atoms with Gasteiger partial charge in [-0.2, -0.15) is 0 Å². The second kappa shape index (κ2) is 2.25. The molecule has 1 heterocycles. The van der Waals surface area contributed by atoms with Gasteiger partial charge in [-0.25, -0.2) is 0 Å². The molecule has 0 bridgehead atoms. The molecule has 3 nitrogen and oxygen atoms in total. The van der Waals surface area contributed by atoms with Gasteiger partial charge in [0.05, 0.1) is 18.8 Å². The minimum atomic E-state index is -0.811. The first-order valence-corrected chi connectivity index (χ1v) is 3.11. The average molecular weight is 132 g/mol. The predicted molar refractivity (Wildman–Crippen MR) is 32.1 cm³/mol. The molecule has 0 amide bonds. The van der Waals surface area contributed by atoms with Crippen LogP contribution in [0.2, 0.25) is 0 Å². The second-order valence-electron chi connectivity index (χ2n) is 2.65. The molecule has 0 aromatic carbocycles. The van der Waals surface area contributed by atoms with Crippen LogP contribution in [0.5, 0.6) is 0 Å². The number of hydrogen-bond donors (Lipinski definition) is 2. The largest absolute Gasteiger partial charge is 0.394 e. The van der Waals surface area contributed by atoms with Crippen molar-refractivity contribution in [2.75, 3.05) is 13.2 Å². The van der Waals surface area contributed by atoms with Crippen molar-refractivity contribution in [2.24, 2.45) is 0 Å². The molecular formula is C6H12O3. The van der Waals surface area contributed by atoms with E-state index >= 15 is 0 Å². The maximum atomic E-state index is 9.37. The zero-order valence-corrected chi connectivity index (χ0v) is 5.50. The van der Waals surface area contributed by atoms with E-state index in [2.05, 4.69) is 0 Å². The lowest BCUT2D eigenvalue weighted by Gasteiger charge is -2.21. The van der Waals surface area contributed by atoms with E-state index in [9.17, 15) is 5.11 Å². The molecular weight excluding hydrogens is 120 g/mol. The molecule has 1 aliphatic rings. The smallest absolute Gasteiger partial charge is 0.109 e. The molecule has 2 N–H and O–H groups in total. The first kappa shape index (κ1) is 6.99. The van der Waals surface area contributed by atoms with Gasteiger partial charge in [0, 0.05) is 6.42 Å². The normalized spacial score (nSPS) is 43.7. The van der Waals surface area contributed by atoms with Gasteiger partial charge in [-0.3, -0.25) is 0 Å². The lowest BCUT2D eigenvalue weighted by Crippen LogP contribution is -2.37. The van der Waals surface area contributed by atoms with Crippen molar-refractivity contribution in [1.82, 2.24) is 0 Å². The summed E-state index contributed by atoms with van der Waals surface area (Å²) in [5, 5.41) is 18.0. The van der Waals surface area contributed by atoms with Gasteiger partial charge in [-0.15, -0.1) is 0 Å². The molecule has 0 aliphatic carbocycles. The highest BCUT2D eigenvalue weighted by atomic mass is 16.5. The van der Waals surface area contributed by atoms with Crippen molar-refractivity contribution < 1.29 is 14.9 Å². The fourth-order valence-electron chi connectivity index (χ4n) is 0.998. The highest BCUT2D eigenvalue weighted by Crippen LogP contribution is 2.24. The summed E-state index contributed by atoms with van der Waals surface area (Å²) in [5.74, 6) is 0. The van der Waals surface area contributed by atoms with Crippen molar-refractivity contribution in [3.05, 3.63) is 0 Å².